The Hall–Kier alpha value is -0.130. The molecule has 0 aliphatic carbocycles. The van der Waals surface area contributed by atoms with Crippen LogP contribution in [0.25, 0.3) is 0 Å². The monoisotopic (exact) mass is 150 g/mol. The van der Waals surface area contributed by atoms with E-state index < -0.39 is 10.0 Å². The first kappa shape index (κ1) is 6.98. The molecule has 4 nitrogen and oxygen atoms in total. The molecule has 0 amide bonds. The number of nitrogens with one attached hydrogen (secondary N) is 1. The van der Waals surface area contributed by atoms with Gasteiger partial charge in [-0.3, -0.25) is 0 Å². The molecular weight excluding hydrogens is 140 g/mol. The zero-order valence-electron chi connectivity index (χ0n) is 5.29. The molecule has 0 bridgehead atoms. The van der Waals surface area contributed by atoms with Gasteiger partial charge in [-0.05, 0) is 13.5 Å². The second kappa shape index (κ2) is 2.24. The molecule has 54 valence electrons. The van der Waals surface area contributed by atoms with Crippen LogP contribution in [0.1, 0.15) is 6.42 Å². The molecule has 0 aromatic carbocycles. The van der Waals surface area contributed by atoms with Gasteiger partial charge in [0.1, 0.15) is 0 Å². The summed E-state index contributed by atoms with van der Waals surface area (Å²) < 4.78 is 23.0. The third kappa shape index (κ3) is 1.23. The second-order valence-electron chi connectivity index (χ2n) is 1.97. The van der Waals surface area contributed by atoms with Crippen LogP contribution in [0.15, 0.2) is 0 Å². The molecule has 1 fully saturated rings. The number of hydrogen-bond donors (Lipinski definition) is 1. The van der Waals surface area contributed by atoms with Crippen molar-refractivity contribution in [2.24, 2.45) is 0 Å². The summed E-state index contributed by atoms with van der Waals surface area (Å²) in [6.07, 6.45) is 0.739. The fraction of sp³-hybridized carbons (Fsp3) is 1.00. The Bertz CT molecular complexity index is 187. The number of hydrazine groups is 1. The van der Waals surface area contributed by atoms with Crippen molar-refractivity contribution in [1.29, 1.82) is 0 Å². The van der Waals surface area contributed by atoms with Crippen molar-refractivity contribution in [3.05, 3.63) is 0 Å². The summed E-state index contributed by atoms with van der Waals surface area (Å²) in [5.41, 5.74) is 2.60. The Labute approximate surface area is 54.9 Å². The molecule has 0 radical (unpaired) electrons. The Morgan fingerprint density at radius 3 is 2.44 bits per heavy atom. The molecule has 1 aliphatic heterocycles. The summed E-state index contributed by atoms with van der Waals surface area (Å²) in [4.78, 5) is 0. The fourth-order valence-electron chi connectivity index (χ4n) is 0.891. The van der Waals surface area contributed by atoms with E-state index in [9.17, 15) is 8.42 Å². The lowest BCUT2D eigenvalue weighted by Gasteiger charge is -2.10. The number of sulfonamides is 1. The van der Waals surface area contributed by atoms with Gasteiger partial charge in [-0.25, -0.2) is 13.8 Å². The van der Waals surface area contributed by atoms with Crippen LogP contribution in [-0.2, 0) is 10.0 Å². The summed E-state index contributed by atoms with van der Waals surface area (Å²) in [6, 6.07) is 0. The minimum absolute atomic E-state index is 0.286. The predicted octanol–water partition coefficient (Wildman–Crippen LogP) is -0.844. The molecule has 1 heterocycles. The van der Waals surface area contributed by atoms with Crippen molar-refractivity contribution in [1.82, 2.24) is 9.84 Å². The van der Waals surface area contributed by atoms with Gasteiger partial charge >= 0.3 is 0 Å². The molecule has 0 spiro atoms. The Morgan fingerprint density at radius 1 is 1.56 bits per heavy atom. The summed E-state index contributed by atoms with van der Waals surface area (Å²) >= 11 is 0. The van der Waals surface area contributed by atoms with Crippen LogP contribution < -0.4 is 5.43 Å². The van der Waals surface area contributed by atoms with Crippen LogP contribution in [0.2, 0.25) is 0 Å². The van der Waals surface area contributed by atoms with Gasteiger partial charge < -0.3 is 0 Å². The second-order valence-corrected chi connectivity index (χ2v) is 3.98. The molecule has 0 aromatic heterocycles. The van der Waals surface area contributed by atoms with Crippen molar-refractivity contribution < 1.29 is 8.42 Å². The molecule has 0 unspecified atom stereocenters. The van der Waals surface area contributed by atoms with Crippen molar-refractivity contribution in [2.75, 3.05) is 19.3 Å². The highest BCUT2D eigenvalue weighted by molar-refractivity contribution is 7.89. The predicted molar refractivity (Wildman–Crippen MR) is 34.2 cm³/mol. The molecule has 1 rings (SSSR count). The molecule has 0 saturated carbocycles. The van der Waals surface area contributed by atoms with Gasteiger partial charge in [-0.1, -0.05) is 0 Å². The fourth-order valence-corrected chi connectivity index (χ4v) is 2.29. The normalized spacial score (nSPS) is 26.8. The molecule has 1 N–H and O–H groups in total. The highest BCUT2D eigenvalue weighted by Crippen LogP contribution is 2.08. The number of nitrogens with zero attached hydrogens (tertiary/aromatic N) is 1. The van der Waals surface area contributed by atoms with Crippen LogP contribution in [-0.4, -0.2) is 32.2 Å². The first-order chi connectivity index (χ1) is 4.17. The van der Waals surface area contributed by atoms with E-state index in [-0.39, 0.29) is 5.75 Å². The van der Waals surface area contributed by atoms with Crippen LogP contribution >= 0.6 is 0 Å². The molecule has 5 heteroatoms. The average Bonchev–Trinajstić information content (AvgIpc) is 2.08. The lowest BCUT2D eigenvalue weighted by molar-refractivity contribution is 0.372. The summed E-state index contributed by atoms with van der Waals surface area (Å²) in [5.74, 6) is 0.286. The summed E-state index contributed by atoms with van der Waals surface area (Å²) in [7, 11) is -1.30. The molecule has 1 aliphatic rings. The zero-order chi connectivity index (χ0) is 6.91. The molecule has 1 saturated heterocycles. The van der Waals surface area contributed by atoms with E-state index in [0.717, 1.165) is 6.42 Å². The van der Waals surface area contributed by atoms with Gasteiger partial charge in [0.05, 0.1) is 5.75 Å². The van der Waals surface area contributed by atoms with Gasteiger partial charge in [0, 0.05) is 6.54 Å². The van der Waals surface area contributed by atoms with E-state index in [1.807, 2.05) is 0 Å². The first-order valence-electron chi connectivity index (χ1n) is 2.84. The maximum Gasteiger partial charge on any atom is 0.226 e. The van der Waals surface area contributed by atoms with Crippen LogP contribution in [0.5, 0.6) is 0 Å². The van der Waals surface area contributed by atoms with Gasteiger partial charge in [0.2, 0.25) is 10.0 Å². The summed E-state index contributed by atoms with van der Waals surface area (Å²) in [6.45, 7) is 0.610. The Morgan fingerprint density at radius 2 is 2.22 bits per heavy atom. The Balaban J connectivity index is 2.75. The first-order valence-corrected chi connectivity index (χ1v) is 4.45. The van der Waals surface area contributed by atoms with Crippen molar-refractivity contribution in [2.45, 2.75) is 6.42 Å². The quantitative estimate of drug-likeness (QED) is 0.530. The lowest BCUT2D eigenvalue weighted by Crippen LogP contribution is -2.36. The minimum Gasteiger partial charge on any atom is -0.245 e. The molecular formula is C4H10N2O2S. The molecule has 0 atom stereocenters. The SMILES string of the molecule is CNN1CCCS1(=O)=O. The zero-order valence-corrected chi connectivity index (χ0v) is 6.11. The van der Waals surface area contributed by atoms with Crippen molar-refractivity contribution >= 4 is 10.0 Å². The van der Waals surface area contributed by atoms with Crippen molar-refractivity contribution in [3.63, 3.8) is 0 Å². The summed E-state index contributed by atoms with van der Waals surface area (Å²) in [5, 5.41) is 0. The minimum atomic E-state index is -2.91. The van der Waals surface area contributed by atoms with E-state index in [4.69, 9.17) is 0 Å². The topological polar surface area (TPSA) is 49.4 Å². The lowest BCUT2D eigenvalue weighted by atomic mass is 10.5. The van der Waals surface area contributed by atoms with Gasteiger partial charge in [-0.2, -0.15) is 0 Å². The smallest absolute Gasteiger partial charge is 0.226 e. The molecule has 9 heavy (non-hydrogen) atoms. The highest BCUT2D eigenvalue weighted by atomic mass is 32.2. The van der Waals surface area contributed by atoms with Crippen LogP contribution in [0, 0.1) is 0 Å². The number of hydrogen-bond acceptors (Lipinski definition) is 3. The van der Waals surface area contributed by atoms with E-state index in [1.165, 1.54) is 4.41 Å². The largest absolute Gasteiger partial charge is 0.245 e. The van der Waals surface area contributed by atoms with Crippen molar-refractivity contribution in [3.8, 4) is 0 Å². The third-order valence-electron chi connectivity index (χ3n) is 1.35. The standard InChI is InChI=1S/C4H10N2O2S/c1-5-6-3-2-4-9(6,7)8/h5H,2-4H2,1H3. The van der Waals surface area contributed by atoms with Gasteiger partial charge in [-0.15, -0.1) is 4.41 Å². The number of rotatable bonds is 1. The molecule has 0 aromatic rings. The van der Waals surface area contributed by atoms with Crippen LogP contribution in [0.4, 0.5) is 0 Å². The van der Waals surface area contributed by atoms with E-state index in [1.54, 1.807) is 7.05 Å². The van der Waals surface area contributed by atoms with E-state index in [2.05, 4.69) is 5.43 Å². The van der Waals surface area contributed by atoms with E-state index >= 15 is 0 Å². The van der Waals surface area contributed by atoms with Gasteiger partial charge in [0.15, 0.2) is 0 Å². The van der Waals surface area contributed by atoms with Crippen LogP contribution in [0.3, 0.4) is 0 Å². The maximum absolute atomic E-state index is 10.9. The van der Waals surface area contributed by atoms with Gasteiger partial charge in [0.25, 0.3) is 0 Å². The Kier molecular flexibility index (Phi) is 1.74. The maximum atomic E-state index is 10.9. The van der Waals surface area contributed by atoms with E-state index in [0.29, 0.717) is 6.54 Å². The third-order valence-corrected chi connectivity index (χ3v) is 3.19. The average molecular weight is 150 g/mol. The highest BCUT2D eigenvalue weighted by Gasteiger charge is 2.26.